The number of aromatic nitrogens is 2. The van der Waals surface area contributed by atoms with Crippen LogP contribution in [0.2, 0.25) is 0 Å². The lowest BCUT2D eigenvalue weighted by Gasteiger charge is -2.09. The van der Waals surface area contributed by atoms with Crippen LogP contribution in [0, 0.1) is 18.3 Å². The first-order valence-corrected chi connectivity index (χ1v) is 7.02. The Labute approximate surface area is 134 Å². The van der Waals surface area contributed by atoms with Gasteiger partial charge in [-0.1, -0.05) is 0 Å². The quantitative estimate of drug-likeness (QED) is 0.791. The van der Waals surface area contributed by atoms with Gasteiger partial charge in [-0.2, -0.15) is 5.26 Å². The molecule has 2 N–H and O–H groups in total. The molecule has 0 aliphatic heterocycles. The van der Waals surface area contributed by atoms with E-state index in [9.17, 15) is 4.79 Å². The highest BCUT2D eigenvalue weighted by molar-refractivity contribution is 6.03. The summed E-state index contributed by atoms with van der Waals surface area (Å²) in [6.45, 7) is 2.85. The molecule has 0 spiro atoms. The predicted molar refractivity (Wildman–Crippen MR) is 86.2 cm³/mol. The van der Waals surface area contributed by atoms with Crippen LogP contribution in [0.25, 0.3) is 0 Å². The molecule has 1 aromatic heterocycles. The Hall–Kier alpha value is -2.98. The highest BCUT2D eigenvalue weighted by Crippen LogP contribution is 2.12. The second-order valence-corrected chi connectivity index (χ2v) is 4.75. The van der Waals surface area contributed by atoms with Crippen molar-refractivity contribution in [2.45, 2.75) is 6.92 Å². The molecule has 118 valence electrons. The summed E-state index contributed by atoms with van der Waals surface area (Å²) in [5.74, 6) is 0.729. The largest absolute Gasteiger partial charge is 0.383 e. The zero-order valence-electron chi connectivity index (χ0n) is 13.0. The van der Waals surface area contributed by atoms with E-state index in [-0.39, 0.29) is 11.6 Å². The SMILES string of the molecule is COCCNc1cc(C(=O)Nc2ccc(C#N)cc2)nc(C)n1. The van der Waals surface area contributed by atoms with Gasteiger partial charge in [0.1, 0.15) is 17.3 Å². The second kappa shape index (κ2) is 7.87. The van der Waals surface area contributed by atoms with Crippen LogP contribution in [0.5, 0.6) is 0 Å². The van der Waals surface area contributed by atoms with Gasteiger partial charge in [0.25, 0.3) is 5.91 Å². The molecular weight excluding hydrogens is 294 g/mol. The first kappa shape index (κ1) is 16.4. The van der Waals surface area contributed by atoms with E-state index in [1.165, 1.54) is 0 Å². The van der Waals surface area contributed by atoms with Gasteiger partial charge in [0.2, 0.25) is 0 Å². The maximum absolute atomic E-state index is 12.3. The van der Waals surface area contributed by atoms with E-state index in [4.69, 9.17) is 10.00 Å². The van der Waals surface area contributed by atoms with Crippen molar-refractivity contribution in [3.63, 3.8) is 0 Å². The molecule has 0 atom stereocenters. The van der Waals surface area contributed by atoms with Crippen LogP contribution in [-0.2, 0) is 4.74 Å². The van der Waals surface area contributed by atoms with Crippen LogP contribution < -0.4 is 10.6 Å². The number of benzene rings is 1. The number of carbonyl (C=O) groups excluding carboxylic acids is 1. The number of ether oxygens (including phenoxy) is 1. The van der Waals surface area contributed by atoms with Gasteiger partial charge in [0, 0.05) is 25.4 Å². The normalized spacial score (nSPS) is 9.96. The highest BCUT2D eigenvalue weighted by atomic mass is 16.5. The van der Waals surface area contributed by atoms with E-state index in [1.54, 1.807) is 44.4 Å². The lowest BCUT2D eigenvalue weighted by molar-refractivity contribution is 0.102. The molecule has 2 aromatic rings. The van der Waals surface area contributed by atoms with Crippen LogP contribution in [0.4, 0.5) is 11.5 Å². The molecule has 1 aromatic carbocycles. The van der Waals surface area contributed by atoms with Crippen molar-refractivity contribution in [2.24, 2.45) is 0 Å². The van der Waals surface area contributed by atoms with Gasteiger partial charge < -0.3 is 15.4 Å². The number of anilines is 2. The number of carbonyl (C=O) groups is 1. The van der Waals surface area contributed by atoms with Gasteiger partial charge in [-0.15, -0.1) is 0 Å². The number of methoxy groups -OCH3 is 1. The summed E-state index contributed by atoms with van der Waals surface area (Å²) in [5.41, 5.74) is 1.39. The van der Waals surface area contributed by atoms with Crippen LogP contribution in [-0.4, -0.2) is 36.1 Å². The van der Waals surface area contributed by atoms with Gasteiger partial charge in [-0.3, -0.25) is 4.79 Å². The fourth-order valence-electron chi connectivity index (χ4n) is 1.88. The number of hydrogen-bond acceptors (Lipinski definition) is 6. The fraction of sp³-hybridized carbons (Fsp3) is 0.250. The average molecular weight is 311 g/mol. The maximum Gasteiger partial charge on any atom is 0.274 e. The van der Waals surface area contributed by atoms with Gasteiger partial charge >= 0.3 is 0 Å². The summed E-state index contributed by atoms with van der Waals surface area (Å²) >= 11 is 0. The molecule has 7 heteroatoms. The third kappa shape index (κ3) is 4.76. The van der Waals surface area contributed by atoms with E-state index in [1.807, 2.05) is 6.07 Å². The van der Waals surface area contributed by atoms with Crippen molar-refractivity contribution < 1.29 is 9.53 Å². The van der Waals surface area contributed by atoms with Crippen molar-refractivity contribution >= 4 is 17.4 Å². The van der Waals surface area contributed by atoms with Gasteiger partial charge in [0.05, 0.1) is 18.2 Å². The van der Waals surface area contributed by atoms with Crippen LogP contribution in [0.3, 0.4) is 0 Å². The molecule has 0 saturated heterocycles. The molecule has 7 nitrogen and oxygen atoms in total. The van der Waals surface area contributed by atoms with Crippen LogP contribution >= 0.6 is 0 Å². The molecule has 0 aliphatic carbocycles. The molecular formula is C16H17N5O2. The van der Waals surface area contributed by atoms with Gasteiger partial charge in [-0.05, 0) is 31.2 Å². The average Bonchev–Trinajstić information content (AvgIpc) is 2.55. The van der Waals surface area contributed by atoms with Crippen molar-refractivity contribution in [1.82, 2.24) is 9.97 Å². The Balaban J connectivity index is 2.10. The van der Waals surface area contributed by atoms with Gasteiger partial charge in [0.15, 0.2) is 0 Å². The van der Waals surface area contributed by atoms with Crippen LogP contribution in [0.15, 0.2) is 30.3 Å². The van der Waals surface area contributed by atoms with Crippen molar-refractivity contribution in [1.29, 1.82) is 5.26 Å². The van der Waals surface area contributed by atoms with Gasteiger partial charge in [-0.25, -0.2) is 9.97 Å². The number of nitrogens with zero attached hydrogens (tertiary/aromatic N) is 3. The maximum atomic E-state index is 12.3. The third-order valence-corrected chi connectivity index (χ3v) is 2.95. The Morgan fingerprint density at radius 1 is 1.30 bits per heavy atom. The number of hydrogen-bond donors (Lipinski definition) is 2. The minimum absolute atomic E-state index is 0.266. The molecule has 1 amide bonds. The standard InChI is InChI=1S/C16H17N5O2/c1-11-19-14(9-15(20-11)18-7-8-23-2)16(22)21-13-5-3-12(10-17)4-6-13/h3-6,9H,7-8H2,1-2H3,(H,21,22)(H,18,19,20). The fourth-order valence-corrected chi connectivity index (χ4v) is 1.88. The molecule has 0 fully saturated rings. The lowest BCUT2D eigenvalue weighted by Crippen LogP contribution is -2.16. The zero-order chi connectivity index (χ0) is 16.7. The summed E-state index contributed by atoms with van der Waals surface area (Å²) in [6, 6.07) is 10.2. The van der Waals surface area contributed by atoms with Crippen molar-refractivity contribution in [2.75, 3.05) is 30.9 Å². The van der Waals surface area contributed by atoms with E-state index < -0.39 is 0 Å². The Morgan fingerprint density at radius 3 is 2.70 bits per heavy atom. The third-order valence-electron chi connectivity index (χ3n) is 2.95. The zero-order valence-corrected chi connectivity index (χ0v) is 13.0. The molecule has 0 unspecified atom stereocenters. The van der Waals surface area contributed by atoms with Crippen molar-refractivity contribution in [3.05, 3.63) is 47.4 Å². The summed E-state index contributed by atoms with van der Waals surface area (Å²) in [6.07, 6.45) is 0. The van der Waals surface area contributed by atoms with Crippen molar-refractivity contribution in [3.8, 4) is 6.07 Å². The lowest BCUT2D eigenvalue weighted by atomic mass is 10.2. The van der Waals surface area contributed by atoms with E-state index in [0.29, 0.717) is 36.0 Å². The molecule has 2 rings (SSSR count). The number of nitrogens with one attached hydrogen (secondary N) is 2. The number of nitriles is 1. The summed E-state index contributed by atoms with van der Waals surface area (Å²) in [7, 11) is 1.61. The summed E-state index contributed by atoms with van der Waals surface area (Å²) < 4.78 is 4.96. The number of amides is 1. The Kier molecular flexibility index (Phi) is 5.61. The topological polar surface area (TPSA) is 99.9 Å². The first-order valence-electron chi connectivity index (χ1n) is 7.02. The first-order chi connectivity index (χ1) is 11.1. The molecule has 0 saturated carbocycles. The second-order valence-electron chi connectivity index (χ2n) is 4.75. The minimum atomic E-state index is -0.338. The number of rotatable bonds is 6. The molecule has 0 radical (unpaired) electrons. The minimum Gasteiger partial charge on any atom is -0.383 e. The molecule has 1 heterocycles. The Morgan fingerprint density at radius 2 is 2.04 bits per heavy atom. The molecule has 0 aliphatic rings. The number of aryl methyl sites for hydroxylation is 1. The molecule has 23 heavy (non-hydrogen) atoms. The molecule has 0 bridgehead atoms. The van der Waals surface area contributed by atoms with E-state index in [2.05, 4.69) is 20.6 Å². The monoisotopic (exact) mass is 311 g/mol. The highest BCUT2D eigenvalue weighted by Gasteiger charge is 2.11. The summed E-state index contributed by atoms with van der Waals surface area (Å²) in [5, 5.41) is 14.6. The van der Waals surface area contributed by atoms with E-state index in [0.717, 1.165) is 0 Å². The summed E-state index contributed by atoms with van der Waals surface area (Å²) in [4.78, 5) is 20.7. The Bertz CT molecular complexity index is 722. The van der Waals surface area contributed by atoms with E-state index >= 15 is 0 Å². The predicted octanol–water partition coefficient (Wildman–Crippen LogP) is 1.97. The smallest absolute Gasteiger partial charge is 0.274 e. The van der Waals surface area contributed by atoms with Crippen LogP contribution in [0.1, 0.15) is 21.9 Å².